The molecule has 0 saturated heterocycles. The van der Waals surface area contributed by atoms with Gasteiger partial charge in [0.1, 0.15) is 11.8 Å². The molecule has 0 saturated carbocycles. The molecule has 1 atom stereocenters. The maximum atomic E-state index is 12.7. The average molecular weight is 524 g/mol. The van der Waals surface area contributed by atoms with E-state index in [1.165, 1.54) is 0 Å². The molecule has 8 heteroatoms. The van der Waals surface area contributed by atoms with E-state index in [0.29, 0.717) is 39.1 Å². The lowest BCUT2D eigenvalue weighted by Crippen LogP contribution is -2.41. The van der Waals surface area contributed by atoms with Gasteiger partial charge < -0.3 is 20.5 Å². The molecular weight excluding hydrogens is 482 g/mol. The Hall–Kier alpha value is -3.39. The molecule has 0 fully saturated rings. The summed E-state index contributed by atoms with van der Waals surface area (Å²) in [7, 11) is 0. The van der Waals surface area contributed by atoms with Crippen LogP contribution in [0.15, 0.2) is 48.5 Å². The Bertz CT molecular complexity index is 1060. The van der Waals surface area contributed by atoms with Crippen molar-refractivity contribution in [3.05, 3.63) is 65.2 Å². The van der Waals surface area contributed by atoms with Crippen LogP contribution in [-0.4, -0.2) is 53.5 Å². The zero-order valence-corrected chi connectivity index (χ0v) is 22.6. The number of carbonyl (C=O) groups excluding carboxylic acids is 2. The van der Waals surface area contributed by atoms with Crippen LogP contribution < -0.4 is 15.4 Å². The summed E-state index contributed by atoms with van der Waals surface area (Å²) in [4.78, 5) is 38.8. The lowest BCUT2D eigenvalue weighted by atomic mass is 10.0. The molecule has 2 amide bonds. The second-order valence-electron chi connectivity index (χ2n) is 10.4. The number of nitrogens with one attached hydrogen (secondary N) is 2. The molecule has 0 spiro atoms. The minimum Gasteiger partial charge on any atom is -0.493 e. The summed E-state index contributed by atoms with van der Waals surface area (Å²) in [5.74, 6) is -0.330. The van der Waals surface area contributed by atoms with Gasteiger partial charge in [-0.15, -0.1) is 0 Å². The van der Waals surface area contributed by atoms with Gasteiger partial charge in [0.15, 0.2) is 0 Å². The summed E-state index contributed by atoms with van der Waals surface area (Å²) < 4.78 is 6.15. The van der Waals surface area contributed by atoms with E-state index in [1.807, 2.05) is 50.2 Å². The van der Waals surface area contributed by atoms with Crippen LogP contribution in [-0.2, 0) is 33.9 Å². The SMILES string of the molecule is CC(C)C[C@H](NC(=O)CCc1ccc2c(c1)CN(Cc1ccccc1)CC(=O)NCCCCCO2)C(=O)O. The van der Waals surface area contributed by atoms with Gasteiger partial charge in [-0.1, -0.05) is 56.3 Å². The Morgan fingerprint density at radius 1 is 1.05 bits per heavy atom. The van der Waals surface area contributed by atoms with E-state index in [9.17, 15) is 19.5 Å². The van der Waals surface area contributed by atoms with Gasteiger partial charge in [-0.25, -0.2) is 4.79 Å². The summed E-state index contributed by atoms with van der Waals surface area (Å²) in [5, 5.41) is 15.1. The Kier molecular flexibility index (Phi) is 11.6. The number of nitrogens with zero attached hydrogens (tertiary/aromatic N) is 1. The molecule has 0 aliphatic carbocycles. The van der Waals surface area contributed by atoms with E-state index >= 15 is 0 Å². The lowest BCUT2D eigenvalue weighted by molar-refractivity contribution is -0.142. The van der Waals surface area contributed by atoms with Crippen molar-refractivity contribution in [1.82, 2.24) is 15.5 Å². The summed E-state index contributed by atoms with van der Waals surface area (Å²) in [6, 6.07) is 15.1. The molecule has 1 aliphatic rings. The number of amides is 2. The molecule has 1 heterocycles. The van der Waals surface area contributed by atoms with Crippen LogP contribution in [0.2, 0.25) is 0 Å². The highest BCUT2D eigenvalue weighted by molar-refractivity contribution is 5.83. The van der Waals surface area contributed by atoms with E-state index in [0.717, 1.165) is 41.7 Å². The molecule has 2 aromatic rings. The average Bonchev–Trinajstić information content (AvgIpc) is 2.88. The zero-order valence-electron chi connectivity index (χ0n) is 22.6. The molecule has 206 valence electrons. The highest BCUT2D eigenvalue weighted by Crippen LogP contribution is 2.24. The van der Waals surface area contributed by atoms with E-state index < -0.39 is 12.0 Å². The molecule has 1 aliphatic heterocycles. The van der Waals surface area contributed by atoms with Crippen molar-refractivity contribution in [3.8, 4) is 5.75 Å². The predicted molar refractivity (Wildman–Crippen MR) is 147 cm³/mol. The van der Waals surface area contributed by atoms with Crippen molar-refractivity contribution in [2.24, 2.45) is 5.92 Å². The summed E-state index contributed by atoms with van der Waals surface area (Å²) in [5.41, 5.74) is 3.05. The maximum absolute atomic E-state index is 12.7. The monoisotopic (exact) mass is 523 g/mol. The van der Waals surface area contributed by atoms with Crippen LogP contribution >= 0.6 is 0 Å². The molecule has 0 radical (unpaired) electrons. The van der Waals surface area contributed by atoms with Crippen molar-refractivity contribution in [2.45, 2.75) is 71.5 Å². The van der Waals surface area contributed by atoms with Crippen LogP contribution in [0.25, 0.3) is 0 Å². The van der Waals surface area contributed by atoms with E-state index in [2.05, 4.69) is 27.7 Å². The largest absolute Gasteiger partial charge is 0.493 e. The highest BCUT2D eigenvalue weighted by atomic mass is 16.5. The zero-order chi connectivity index (χ0) is 27.3. The quantitative estimate of drug-likeness (QED) is 0.460. The summed E-state index contributed by atoms with van der Waals surface area (Å²) in [6.07, 6.45) is 3.87. The number of rotatable bonds is 9. The smallest absolute Gasteiger partial charge is 0.326 e. The van der Waals surface area contributed by atoms with E-state index in [1.54, 1.807) is 0 Å². The summed E-state index contributed by atoms with van der Waals surface area (Å²) >= 11 is 0. The molecule has 38 heavy (non-hydrogen) atoms. The van der Waals surface area contributed by atoms with Gasteiger partial charge in [0.25, 0.3) is 0 Å². The number of carbonyl (C=O) groups is 3. The normalized spacial score (nSPS) is 16.1. The first-order valence-electron chi connectivity index (χ1n) is 13.6. The fourth-order valence-electron chi connectivity index (χ4n) is 4.59. The van der Waals surface area contributed by atoms with Crippen molar-refractivity contribution in [2.75, 3.05) is 19.7 Å². The lowest BCUT2D eigenvalue weighted by Gasteiger charge is -2.24. The molecule has 0 bridgehead atoms. The molecule has 2 aromatic carbocycles. The van der Waals surface area contributed by atoms with Crippen LogP contribution in [0, 0.1) is 5.92 Å². The van der Waals surface area contributed by atoms with Gasteiger partial charge >= 0.3 is 5.97 Å². The molecule has 0 aromatic heterocycles. The Labute approximate surface area is 225 Å². The van der Waals surface area contributed by atoms with Crippen LogP contribution in [0.1, 0.15) is 62.6 Å². The molecular formula is C30H41N3O5. The minimum absolute atomic E-state index is 0.00449. The number of aryl methyl sites for hydroxylation is 1. The number of hydrogen-bond donors (Lipinski definition) is 3. The van der Waals surface area contributed by atoms with Crippen molar-refractivity contribution in [1.29, 1.82) is 0 Å². The number of fused-ring (bicyclic) bond motifs is 1. The first-order valence-corrected chi connectivity index (χ1v) is 13.6. The van der Waals surface area contributed by atoms with Crippen LogP contribution in [0.5, 0.6) is 5.75 Å². The fraction of sp³-hybridized carbons (Fsp3) is 0.500. The molecule has 3 N–H and O–H groups in total. The van der Waals surface area contributed by atoms with Crippen molar-refractivity contribution < 1.29 is 24.2 Å². The number of ether oxygens (including phenoxy) is 1. The Morgan fingerprint density at radius 2 is 1.84 bits per heavy atom. The molecule has 8 nitrogen and oxygen atoms in total. The van der Waals surface area contributed by atoms with Crippen LogP contribution in [0.3, 0.4) is 0 Å². The van der Waals surface area contributed by atoms with E-state index in [4.69, 9.17) is 4.74 Å². The van der Waals surface area contributed by atoms with Crippen molar-refractivity contribution >= 4 is 17.8 Å². The number of hydrogen-bond acceptors (Lipinski definition) is 5. The second-order valence-corrected chi connectivity index (χ2v) is 10.4. The maximum Gasteiger partial charge on any atom is 0.326 e. The van der Waals surface area contributed by atoms with Gasteiger partial charge in [0, 0.05) is 31.6 Å². The summed E-state index contributed by atoms with van der Waals surface area (Å²) in [6.45, 7) is 6.54. The first kappa shape index (κ1) is 29.2. The van der Waals surface area contributed by atoms with Gasteiger partial charge in [-0.3, -0.25) is 14.5 Å². The topological polar surface area (TPSA) is 108 Å². The second kappa shape index (κ2) is 15.1. The Morgan fingerprint density at radius 3 is 2.58 bits per heavy atom. The number of benzene rings is 2. The standard InChI is InChI=1S/C30H41N3O5/c1-22(2)17-26(30(36)37)32-28(34)14-12-23-11-13-27-25(18-23)20-33(19-24-9-5-3-6-10-24)21-29(35)31-15-7-4-8-16-38-27/h3,5-6,9-11,13,18,22,26H,4,7-8,12,14-17,19-21H2,1-2H3,(H,31,35)(H,32,34)(H,36,37)/t26-/m0/s1. The van der Waals surface area contributed by atoms with Gasteiger partial charge in [-0.2, -0.15) is 0 Å². The van der Waals surface area contributed by atoms with Gasteiger partial charge in [0.05, 0.1) is 13.2 Å². The van der Waals surface area contributed by atoms with Gasteiger partial charge in [-0.05, 0) is 55.2 Å². The molecule has 3 rings (SSSR count). The Balaban J connectivity index is 1.75. The number of aliphatic carboxylic acids is 1. The van der Waals surface area contributed by atoms with Crippen molar-refractivity contribution in [3.63, 3.8) is 0 Å². The predicted octanol–water partition coefficient (Wildman–Crippen LogP) is 3.92. The highest BCUT2D eigenvalue weighted by Gasteiger charge is 2.21. The molecule has 0 unspecified atom stereocenters. The minimum atomic E-state index is -1.01. The third kappa shape index (κ3) is 10.2. The first-order chi connectivity index (χ1) is 18.3. The third-order valence-corrected chi connectivity index (χ3v) is 6.52. The third-order valence-electron chi connectivity index (χ3n) is 6.52. The number of carboxylic acids is 1. The van der Waals surface area contributed by atoms with E-state index in [-0.39, 0.29) is 30.7 Å². The fourth-order valence-corrected chi connectivity index (χ4v) is 4.59. The van der Waals surface area contributed by atoms with Gasteiger partial charge in [0.2, 0.25) is 11.8 Å². The van der Waals surface area contributed by atoms with Crippen LogP contribution in [0.4, 0.5) is 0 Å². The number of carboxylic acid groups (broad SMARTS) is 1.